The van der Waals surface area contributed by atoms with E-state index in [-0.39, 0.29) is 17.5 Å². The molecule has 0 unspecified atom stereocenters. The Morgan fingerprint density at radius 2 is 2.14 bits per heavy atom. The minimum Gasteiger partial charge on any atom is -0.364 e. The number of nitrogens with one attached hydrogen (secondary N) is 2. The van der Waals surface area contributed by atoms with Crippen molar-refractivity contribution in [1.82, 2.24) is 24.8 Å². The Bertz CT molecular complexity index is 948. The molecule has 1 amide bonds. The first-order valence-corrected chi connectivity index (χ1v) is 9.46. The second-order valence-corrected chi connectivity index (χ2v) is 7.29. The molecule has 29 heavy (non-hydrogen) atoms. The summed E-state index contributed by atoms with van der Waals surface area (Å²) >= 11 is 0. The molecule has 3 heterocycles. The van der Waals surface area contributed by atoms with Crippen LogP contribution in [0.4, 0.5) is 11.6 Å². The first-order chi connectivity index (χ1) is 13.9. The van der Waals surface area contributed by atoms with E-state index in [0.717, 1.165) is 12.1 Å². The first kappa shape index (κ1) is 20.5. The topological polar surface area (TPSA) is 97.5 Å². The summed E-state index contributed by atoms with van der Waals surface area (Å²) < 4.78 is 0. The van der Waals surface area contributed by atoms with Gasteiger partial charge in [-0.15, -0.1) is 0 Å². The number of likely N-dealkylation sites (N-methyl/N-ethyl adjacent to an activating group) is 2. The van der Waals surface area contributed by atoms with Crippen molar-refractivity contribution in [1.29, 1.82) is 0 Å². The van der Waals surface area contributed by atoms with Crippen LogP contribution in [0, 0.1) is 0 Å². The van der Waals surface area contributed by atoms with Crippen LogP contribution in [-0.2, 0) is 4.79 Å². The molecule has 0 aliphatic carbocycles. The van der Waals surface area contributed by atoms with Crippen LogP contribution in [0.15, 0.2) is 41.5 Å². The Morgan fingerprint density at radius 1 is 1.38 bits per heavy atom. The highest BCUT2D eigenvalue weighted by Crippen LogP contribution is 2.23. The van der Waals surface area contributed by atoms with E-state index in [9.17, 15) is 9.59 Å². The molecule has 0 atom stereocenters. The van der Waals surface area contributed by atoms with Gasteiger partial charge in [0.2, 0.25) is 11.9 Å². The Morgan fingerprint density at radius 3 is 2.83 bits per heavy atom. The van der Waals surface area contributed by atoms with Gasteiger partial charge in [-0.1, -0.05) is 6.08 Å². The van der Waals surface area contributed by atoms with Crippen molar-refractivity contribution in [3.63, 3.8) is 0 Å². The molecule has 3 rings (SSSR count). The molecule has 2 N–H and O–H groups in total. The molecular formula is C20H27N7O2. The smallest absolute Gasteiger partial charge is 0.271 e. The molecule has 9 heteroatoms. The molecule has 1 aliphatic heterocycles. The van der Waals surface area contributed by atoms with Crippen molar-refractivity contribution < 1.29 is 4.79 Å². The van der Waals surface area contributed by atoms with Crippen LogP contribution in [0.3, 0.4) is 0 Å². The van der Waals surface area contributed by atoms with E-state index >= 15 is 0 Å². The number of likely N-dealkylation sites (tertiary alicyclic amines) is 1. The lowest BCUT2D eigenvalue weighted by Gasteiger charge is -2.44. The fourth-order valence-corrected chi connectivity index (χ4v) is 3.07. The molecule has 9 nitrogen and oxygen atoms in total. The van der Waals surface area contributed by atoms with Gasteiger partial charge in [0.25, 0.3) is 5.56 Å². The number of carbonyl (C=O) groups is 1. The van der Waals surface area contributed by atoms with Crippen LogP contribution in [0.5, 0.6) is 0 Å². The first-order valence-electron chi connectivity index (χ1n) is 9.46. The lowest BCUT2D eigenvalue weighted by molar-refractivity contribution is -0.130. The van der Waals surface area contributed by atoms with Gasteiger partial charge >= 0.3 is 0 Å². The number of pyridine rings is 1. The number of anilines is 2. The summed E-state index contributed by atoms with van der Waals surface area (Å²) in [5.41, 5.74) is 1.89. The van der Waals surface area contributed by atoms with Gasteiger partial charge < -0.3 is 25.0 Å². The number of aromatic amines is 1. The number of aromatic nitrogens is 3. The van der Waals surface area contributed by atoms with Crippen molar-refractivity contribution in [2.24, 2.45) is 0 Å². The second kappa shape index (κ2) is 8.87. The highest BCUT2D eigenvalue weighted by molar-refractivity contribution is 5.88. The Labute approximate surface area is 170 Å². The molecule has 154 valence electrons. The van der Waals surface area contributed by atoms with E-state index in [0.29, 0.717) is 30.4 Å². The SMILES string of the molecule is CNc1nccc(-c2c[nH]c(=O)c(N(C)C3CN(C(=O)C=CCN(C)C)C3)c2)n1. The standard InChI is InChI=1S/C20H27N7O2/c1-21-20-22-8-7-16(24-20)14-10-17(19(29)23-11-14)26(4)15-12-27(13-15)18(28)6-5-9-25(2)3/h5-8,10-11,15H,9,12-13H2,1-4H3,(H,23,29)(H,21,22,24). The highest BCUT2D eigenvalue weighted by Gasteiger charge is 2.33. The van der Waals surface area contributed by atoms with Crippen molar-refractivity contribution in [2.75, 3.05) is 58.0 Å². The molecule has 0 spiro atoms. The van der Waals surface area contributed by atoms with E-state index in [1.165, 1.54) is 0 Å². The van der Waals surface area contributed by atoms with Gasteiger partial charge in [0.1, 0.15) is 5.69 Å². The molecule has 0 aromatic carbocycles. The van der Waals surface area contributed by atoms with E-state index in [1.54, 1.807) is 36.5 Å². The maximum absolute atomic E-state index is 12.4. The second-order valence-electron chi connectivity index (χ2n) is 7.29. The summed E-state index contributed by atoms with van der Waals surface area (Å²) in [7, 11) is 7.54. The van der Waals surface area contributed by atoms with Crippen molar-refractivity contribution in [2.45, 2.75) is 6.04 Å². The molecular weight excluding hydrogens is 370 g/mol. The quantitative estimate of drug-likeness (QED) is 0.662. The van der Waals surface area contributed by atoms with Crippen molar-refractivity contribution in [3.8, 4) is 11.3 Å². The van der Waals surface area contributed by atoms with Gasteiger partial charge in [0.05, 0.1) is 11.7 Å². The predicted octanol–water partition coefficient (Wildman–Crippen LogP) is 0.638. The zero-order valence-electron chi connectivity index (χ0n) is 17.2. The Balaban J connectivity index is 1.69. The Kier molecular flexibility index (Phi) is 6.28. The lowest BCUT2D eigenvalue weighted by atomic mass is 10.1. The van der Waals surface area contributed by atoms with Crippen LogP contribution in [0.1, 0.15) is 0 Å². The number of carbonyl (C=O) groups excluding carboxylic acids is 1. The maximum atomic E-state index is 12.4. The largest absolute Gasteiger partial charge is 0.364 e. The molecule has 0 radical (unpaired) electrons. The molecule has 0 saturated carbocycles. The molecule has 1 fully saturated rings. The third-order valence-corrected chi connectivity index (χ3v) is 4.89. The monoisotopic (exact) mass is 397 g/mol. The molecule has 1 saturated heterocycles. The number of H-pyrrole nitrogens is 1. The van der Waals surface area contributed by atoms with E-state index in [4.69, 9.17) is 0 Å². The summed E-state index contributed by atoms with van der Waals surface area (Å²) in [5, 5.41) is 2.91. The summed E-state index contributed by atoms with van der Waals surface area (Å²) in [4.78, 5) is 41.6. The molecule has 0 bridgehead atoms. The van der Waals surface area contributed by atoms with Crippen LogP contribution in [-0.4, -0.2) is 84.5 Å². The third-order valence-electron chi connectivity index (χ3n) is 4.89. The van der Waals surface area contributed by atoms with E-state index in [2.05, 4.69) is 20.3 Å². The third kappa shape index (κ3) is 4.80. The zero-order chi connectivity index (χ0) is 21.0. The van der Waals surface area contributed by atoms with Gasteiger partial charge in [-0.25, -0.2) is 9.97 Å². The summed E-state index contributed by atoms with van der Waals surface area (Å²) in [6, 6.07) is 3.71. The summed E-state index contributed by atoms with van der Waals surface area (Å²) in [5.74, 6) is 0.513. The zero-order valence-corrected chi connectivity index (χ0v) is 17.2. The average Bonchev–Trinajstić information content (AvgIpc) is 2.66. The van der Waals surface area contributed by atoms with Gasteiger partial charge in [-0.3, -0.25) is 9.59 Å². The number of nitrogens with zero attached hydrogens (tertiary/aromatic N) is 5. The van der Waals surface area contributed by atoms with Gasteiger partial charge in [0, 0.05) is 57.8 Å². The van der Waals surface area contributed by atoms with Crippen molar-refractivity contribution >= 4 is 17.5 Å². The summed E-state index contributed by atoms with van der Waals surface area (Å²) in [6.45, 7) is 1.90. The van der Waals surface area contributed by atoms with Gasteiger partial charge in [-0.2, -0.15) is 0 Å². The predicted molar refractivity (Wildman–Crippen MR) is 114 cm³/mol. The number of hydrogen-bond donors (Lipinski definition) is 2. The normalized spacial score (nSPS) is 14.3. The van der Waals surface area contributed by atoms with Crippen molar-refractivity contribution in [3.05, 3.63) is 47.0 Å². The average molecular weight is 397 g/mol. The van der Waals surface area contributed by atoms with E-state index < -0.39 is 0 Å². The van der Waals surface area contributed by atoms with Crippen LogP contribution in [0.2, 0.25) is 0 Å². The van der Waals surface area contributed by atoms with Crippen LogP contribution < -0.4 is 15.8 Å². The summed E-state index contributed by atoms with van der Waals surface area (Å²) in [6.07, 6.45) is 6.78. The van der Waals surface area contributed by atoms with Crippen LogP contribution >= 0.6 is 0 Å². The molecule has 2 aromatic heterocycles. The van der Waals surface area contributed by atoms with Gasteiger partial charge in [0.15, 0.2) is 0 Å². The van der Waals surface area contributed by atoms with Gasteiger partial charge in [-0.05, 0) is 26.2 Å². The minimum absolute atomic E-state index is 0.000240. The lowest BCUT2D eigenvalue weighted by Crippen LogP contribution is -2.60. The number of amides is 1. The minimum atomic E-state index is -0.171. The molecule has 2 aromatic rings. The highest BCUT2D eigenvalue weighted by atomic mass is 16.2. The maximum Gasteiger partial charge on any atom is 0.271 e. The fourth-order valence-electron chi connectivity index (χ4n) is 3.07. The molecule has 1 aliphatic rings. The fraction of sp³-hybridized carbons (Fsp3) is 0.400. The van der Waals surface area contributed by atoms with Crippen LogP contribution in [0.25, 0.3) is 11.3 Å². The Hall–Kier alpha value is -3.20. The number of rotatable bonds is 7. The van der Waals surface area contributed by atoms with E-state index in [1.807, 2.05) is 43.1 Å². The number of hydrogen-bond acceptors (Lipinski definition) is 7.